The molecule has 1 saturated heterocycles. The molecule has 112 valence electrons. The summed E-state index contributed by atoms with van der Waals surface area (Å²) in [6.45, 7) is 8.79. The van der Waals surface area contributed by atoms with E-state index in [0.717, 1.165) is 50.8 Å². The van der Waals surface area contributed by atoms with Crippen molar-refractivity contribution in [1.29, 1.82) is 0 Å². The first kappa shape index (κ1) is 15.6. The van der Waals surface area contributed by atoms with Gasteiger partial charge in [-0.05, 0) is 18.2 Å². The van der Waals surface area contributed by atoms with Crippen LogP contribution in [0.3, 0.4) is 0 Å². The molecule has 2 N–H and O–H groups in total. The van der Waals surface area contributed by atoms with E-state index in [0.29, 0.717) is 0 Å². The van der Waals surface area contributed by atoms with Crippen LogP contribution in [0.1, 0.15) is 12.5 Å². The Labute approximate surface area is 126 Å². The third-order valence-electron chi connectivity index (χ3n) is 3.74. The van der Waals surface area contributed by atoms with Crippen LogP contribution in [-0.2, 0) is 6.54 Å². The number of piperazine rings is 1. The van der Waals surface area contributed by atoms with E-state index in [9.17, 15) is 0 Å². The third-order valence-corrected chi connectivity index (χ3v) is 4.05. The first-order valence-corrected chi connectivity index (χ1v) is 7.70. The fourth-order valence-corrected chi connectivity index (χ4v) is 2.97. The van der Waals surface area contributed by atoms with Crippen molar-refractivity contribution < 1.29 is 5.11 Å². The zero-order valence-electron chi connectivity index (χ0n) is 12.1. The minimum atomic E-state index is 0.234. The highest BCUT2D eigenvalue weighted by atomic mass is 35.5. The van der Waals surface area contributed by atoms with Gasteiger partial charge >= 0.3 is 0 Å². The van der Waals surface area contributed by atoms with Gasteiger partial charge in [-0.3, -0.25) is 4.90 Å². The highest BCUT2D eigenvalue weighted by Gasteiger charge is 2.20. The van der Waals surface area contributed by atoms with Crippen LogP contribution in [0.2, 0.25) is 5.02 Å². The Balaban J connectivity index is 2.08. The minimum absolute atomic E-state index is 0.234. The Kier molecular flexibility index (Phi) is 6.10. The van der Waals surface area contributed by atoms with Crippen LogP contribution >= 0.6 is 11.6 Å². The van der Waals surface area contributed by atoms with Gasteiger partial charge in [0.2, 0.25) is 0 Å². The average Bonchev–Trinajstić information content (AvgIpc) is 2.47. The van der Waals surface area contributed by atoms with E-state index >= 15 is 0 Å². The van der Waals surface area contributed by atoms with E-state index < -0.39 is 0 Å². The van der Waals surface area contributed by atoms with Gasteiger partial charge in [0.05, 0.1) is 17.3 Å². The van der Waals surface area contributed by atoms with Crippen LogP contribution in [0.25, 0.3) is 0 Å². The van der Waals surface area contributed by atoms with E-state index in [1.54, 1.807) is 0 Å². The van der Waals surface area contributed by atoms with E-state index in [-0.39, 0.29) is 6.61 Å². The summed E-state index contributed by atoms with van der Waals surface area (Å²) in [5, 5.41) is 13.2. The van der Waals surface area contributed by atoms with Crippen molar-refractivity contribution in [3.05, 3.63) is 28.8 Å². The van der Waals surface area contributed by atoms with E-state index in [2.05, 4.69) is 28.1 Å². The van der Waals surface area contributed by atoms with Crippen molar-refractivity contribution in [1.82, 2.24) is 10.2 Å². The quantitative estimate of drug-likeness (QED) is 0.836. The number of nitrogens with zero attached hydrogens (tertiary/aromatic N) is 2. The molecule has 1 fully saturated rings. The number of halogens is 1. The maximum absolute atomic E-state index is 9.00. The fraction of sp³-hybridized carbons (Fsp3) is 0.600. The van der Waals surface area contributed by atoms with Crippen LogP contribution in [0.5, 0.6) is 0 Å². The Morgan fingerprint density at radius 3 is 2.65 bits per heavy atom. The molecule has 0 amide bonds. The van der Waals surface area contributed by atoms with Gasteiger partial charge in [-0.1, -0.05) is 30.7 Å². The lowest BCUT2D eigenvalue weighted by atomic mass is 10.1. The standard InChI is InChI=1S/C15H24ClN3O/c1-2-17-12-13-4-3-5-14(16)15(13)19-8-6-18(7-9-19)10-11-20/h3-5,17,20H,2,6-12H2,1H3. The second-order valence-corrected chi connectivity index (χ2v) is 5.49. The molecule has 0 atom stereocenters. The molecule has 1 aliphatic rings. The summed E-state index contributed by atoms with van der Waals surface area (Å²) in [5.41, 5.74) is 2.42. The van der Waals surface area contributed by atoms with Gasteiger partial charge in [0.1, 0.15) is 0 Å². The Morgan fingerprint density at radius 1 is 1.25 bits per heavy atom. The van der Waals surface area contributed by atoms with Crippen molar-refractivity contribution in [3.8, 4) is 0 Å². The number of aliphatic hydroxyl groups excluding tert-OH is 1. The number of β-amino-alcohol motifs (C(OH)–C–C–N with tert-alkyl or cyclic N) is 1. The molecule has 20 heavy (non-hydrogen) atoms. The van der Waals surface area contributed by atoms with Crippen LogP contribution < -0.4 is 10.2 Å². The third kappa shape index (κ3) is 3.85. The topological polar surface area (TPSA) is 38.7 Å². The maximum Gasteiger partial charge on any atom is 0.0642 e. The lowest BCUT2D eigenvalue weighted by Crippen LogP contribution is -2.47. The molecule has 0 spiro atoms. The van der Waals surface area contributed by atoms with Crippen LogP contribution in [0, 0.1) is 0 Å². The minimum Gasteiger partial charge on any atom is -0.395 e. The molecule has 5 heteroatoms. The molecule has 0 aromatic heterocycles. The van der Waals surface area contributed by atoms with Gasteiger partial charge in [-0.15, -0.1) is 0 Å². The Morgan fingerprint density at radius 2 is 2.00 bits per heavy atom. The predicted octanol–water partition coefficient (Wildman–Crippen LogP) is 1.56. The number of benzene rings is 1. The van der Waals surface area contributed by atoms with Crippen molar-refractivity contribution in [3.63, 3.8) is 0 Å². The lowest BCUT2D eigenvalue weighted by molar-refractivity contribution is 0.188. The number of hydrogen-bond donors (Lipinski definition) is 2. The number of nitrogens with one attached hydrogen (secondary N) is 1. The second-order valence-electron chi connectivity index (χ2n) is 5.08. The van der Waals surface area contributed by atoms with Crippen LogP contribution in [-0.4, -0.2) is 55.9 Å². The van der Waals surface area contributed by atoms with E-state index in [1.165, 1.54) is 11.3 Å². The molecule has 2 rings (SSSR count). The molecule has 1 heterocycles. The molecule has 0 unspecified atom stereocenters. The van der Waals surface area contributed by atoms with E-state index in [4.69, 9.17) is 16.7 Å². The smallest absolute Gasteiger partial charge is 0.0642 e. The maximum atomic E-state index is 9.00. The fourth-order valence-electron chi connectivity index (χ4n) is 2.65. The van der Waals surface area contributed by atoms with Gasteiger partial charge in [-0.2, -0.15) is 0 Å². The molecule has 1 aliphatic heterocycles. The Hall–Kier alpha value is -0.810. The highest BCUT2D eigenvalue weighted by molar-refractivity contribution is 6.33. The highest BCUT2D eigenvalue weighted by Crippen LogP contribution is 2.30. The summed E-state index contributed by atoms with van der Waals surface area (Å²) in [4.78, 5) is 4.65. The summed E-state index contributed by atoms with van der Waals surface area (Å²) in [5.74, 6) is 0. The van der Waals surface area contributed by atoms with Crippen LogP contribution in [0.4, 0.5) is 5.69 Å². The molecule has 1 aromatic rings. The van der Waals surface area contributed by atoms with Gasteiger partial charge < -0.3 is 15.3 Å². The molecule has 0 bridgehead atoms. The monoisotopic (exact) mass is 297 g/mol. The van der Waals surface area contributed by atoms with Gasteiger partial charge in [0, 0.05) is 39.3 Å². The summed E-state index contributed by atoms with van der Waals surface area (Å²) in [6.07, 6.45) is 0. The van der Waals surface area contributed by atoms with Crippen molar-refractivity contribution in [2.75, 3.05) is 50.8 Å². The van der Waals surface area contributed by atoms with Crippen molar-refractivity contribution in [2.45, 2.75) is 13.5 Å². The SMILES string of the molecule is CCNCc1cccc(Cl)c1N1CCN(CCO)CC1. The van der Waals surface area contributed by atoms with E-state index in [1.807, 2.05) is 12.1 Å². The zero-order valence-corrected chi connectivity index (χ0v) is 12.9. The molecule has 0 saturated carbocycles. The average molecular weight is 298 g/mol. The zero-order chi connectivity index (χ0) is 14.4. The molecule has 1 aromatic carbocycles. The van der Waals surface area contributed by atoms with Crippen molar-refractivity contribution >= 4 is 17.3 Å². The summed E-state index contributed by atoms with van der Waals surface area (Å²) in [6, 6.07) is 6.12. The summed E-state index contributed by atoms with van der Waals surface area (Å²) < 4.78 is 0. The molecule has 4 nitrogen and oxygen atoms in total. The number of rotatable bonds is 6. The number of para-hydroxylation sites is 1. The molecular formula is C15H24ClN3O. The first-order valence-electron chi connectivity index (χ1n) is 7.32. The largest absolute Gasteiger partial charge is 0.395 e. The number of aliphatic hydroxyl groups is 1. The number of hydrogen-bond acceptors (Lipinski definition) is 4. The van der Waals surface area contributed by atoms with Crippen molar-refractivity contribution in [2.24, 2.45) is 0 Å². The second kappa shape index (κ2) is 7.84. The van der Waals surface area contributed by atoms with Gasteiger partial charge in [0.25, 0.3) is 0 Å². The molecular weight excluding hydrogens is 274 g/mol. The summed E-state index contributed by atoms with van der Waals surface area (Å²) in [7, 11) is 0. The molecule has 0 radical (unpaired) electrons. The first-order chi connectivity index (χ1) is 9.76. The number of anilines is 1. The van der Waals surface area contributed by atoms with Crippen LogP contribution in [0.15, 0.2) is 18.2 Å². The lowest BCUT2D eigenvalue weighted by Gasteiger charge is -2.37. The Bertz CT molecular complexity index is 420. The van der Waals surface area contributed by atoms with Gasteiger partial charge in [0.15, 0.2) is 0 Å². The predicted molar refractivity (Wildman–Crippen MR) is 84.6 cm³/mol. The van der Waals surface area contributed by atoms with Gasteiger partial charge in [-0.25, -0.2) is 0 Å². The summed E-state index contributed by atoms with van der Waals surface area (Å²) >= 11 is 6.42. The molecule has 0 aliphatic carbocycles. The normalized spacial score (nSPS) is 16.6.